The molecule has 4 nitrogen and oxygen atoms in total. The molecule has 2 N–H and O–H groups in total. The third-order valence-corrected chi connectivity index (χ3v) is 3.45. The van der Waals surface area contributed by atoms with E-state index in [0.29, 0.717) is 6.54 Å². The van der Waals surface area contributed by atoms with Crippen LogP contribution < -0.4 is 15.4 Å². The highest BCUT2D eigenvalue weighted by Crippen LogP contribution is 2.15. The number of ether oxygens (including phenoxy) is 1. The number of carbonyl (C=O) groups is 1. The lowest BCUT2D eigenvalue weighted by molar-refractivity contribution is -0.115. The summed E-state index contributed by atoms with van der Waals surface area (Å²) < 4.78 is 5.12. The maximum Gasteiger partial charge on any atom is 0.238 e. The Balaban J connectivity index is 1.80. The van der Waals surface area contributed by atoms with Gasteiger partial charge in [-0.15, -0.1) is 0 Å². The van der Waals surface area contributed by atoms with E-state index in [1.807, 2.05) is 48.5 Å². The highest BCUT2D eigenvalue weighted by Gasteiger charge is 2.05. The monoisotopic (exact) mass is 298 g/mol. The van der Waals surface area contributed by atoms with Gasteiger partial charge in [0.1, 0.15) is 5.75 Å². The van der Waals surface area contributed by atoms with E-state index in [9.17, 15) is 4.79 Å². The molecule has 0 spiro atoms. The van der Waals surface area contributed by atoms with E-state index in [0.717, 1.165) is 29.0 Å². The van der Waals surface area contributed by atoms with Gasteiger partial charge in [-0.2, -0.15) is 0 Å². The van der Waals surface area contributed by atoms with Crippen LogP contribution in [-0.4, -0.2) is 19.6 Å². The molecule has 22 heavy (non-hydrogen) atoms. The van der Waals surface area contributed by atoms with Gasteiger partial charge in [0.05, 0.1) is 13.7 Å². The van der Waals surface area contributed by atoms with Crippen LogP contribution in [-0.2, 0) is 17.8 Å². The average Bonchev–Trinajstić information content (AvgIpc) is 2.56. The van der Waals surface area contributed by atoms with Gasteiger partial charge in [-0.3, -0.25) is 4.79 Å². The van der Waals surface area contributed by atoms with E-state index >= 15 is 0 Å². The van der Waals surface area contributed by atoms with Gasteiger partial charge in [0.2, 0.25) is 5.91 Å². The number of hydrogen-bond donors (Lipinski definition) is 2. The molecule has 2 aromatic rings. The highest BCUT2D eigenvalue weighted by molar-refractivity contribution is 5.92. The summed E-state index contributed by atoms with van der Waals surface area (Å²) in [6, 6.07) is 15.7. The zero-order chi connectivity index (χ0) is 15.8. The summed E-state index contributed by atoms with van der Waals surface area (Å²) in [6.45, 7) is 3.00. The van der Waals surface area contributed by atoms with E-state index < -0.39 is 0 Å². The van der Waals surface area contributed by atoms with E-state index in [1.165, 1.54) is 0 Å². The van der Waals surface area contributed by atoms with Crippen LogP contribution >= 0.6 is 0 Å². The molecule has 0 bridgehead atoms. The first-order valence-corrected chi connectivity index (χ1v) is 7.44. The first-order valence-electron chi connectivity index (χ1n) is 7.44. The molecule has 0 atom stereocenters. The molecule has 0 aliphatic rings. The number of nitrogens with one attached hydrogen (secondary N) is 2. The predicted molar refractivity (Wildman–Crippen MR) is 89.2 cm³/mol. The van der Waals surface area contributed by atoms with Crippen LogP contribution in [0.5, 0.6) is 5.75 Å². The summed E-state index contributed by atoms with van der Waals surface area (Å²) in [4.78, 5) is 12.0. The van der Waals surface area contributed by atoms with Crippen LogP contribution in [0.2, 0.25) is 0 Å². The van der Waals surface area contributed by atoms with Gasteiger partial charge < -0.3 is 15.4 Å². The summed E-state index contributed by atoms with van der Waals surface area (Å²) in [5.74, 6) is 0.798. The Morgan fingerprint density at radius 1 is 1.09 bits per heavy atom. The van der Waals surface area contributed by atoms with E-state index in [1.54, 1.807) is 7.11 Å². The Labute approximate surface area is 131 Å². The van der Waals surface area contributed by atoms with Crippen LogP contribution in [0.3, 0.4) is 0 Å². The van der Waals surface area contributed by atoms with Crippen molar-refractivity contribution in [3.63, 3.8) is 0 Å². The molecule has 1 amide bonds. The normalized spacial score (nSPS) is 10.3. The Morgan fingerprint density at radius 2 is 1.82 bits per heavy atom. The minimum atomic E-state index is -0.0330. The van der Waals surface area contributed by atoms with Crippen LogP contribution in [0.1, 0.15) is 18.1 Å². The molecular formula is C18H22N2O2. The molecule has 0 fully saturated rings. The Bertz CT molecular complexity index is 609. The molecule has 0 saturated carbocycles. The molecule has 2 rings (SSSR count). The van der Waals surface area contributed by atoms with Gasteiger partial charge in [-0.25, -0.2) is 0 Å². The number of aryl methyl sites for hydroxylation is 1. The minimum absolute atomic E-state index is 0.0330. The van der Waals surface area contributed by atoms with Gasteiger partial charge in [-0.1, -0.05) is 37.3 Å². The second-order valence-corrected chi connectivity index (χ2v) is 5.01. The smallest absolute Gasteiger partial charge is 0.238 e. The number of carbonyl (C=O) groups excluding carboxylic acids is 1. The van der Waals surface area contributed by atoms with Crippen LogP contribution in [0.15, 0.2) is 48.5 Å². The summed E-state index contributed by atoms with van der Waals surface area (Å²) in [7, 11) is 1.64. The third-order valence-electron chi connectivity index (χ3n) is 3.45. The van der Waals surface area contributed by atoms with Crippen molar-refractivity contribution in [3.05, 3.63) is 59.7 Å². The summed E-state index contributed by atoms with van der Waals surface area (Å²) >= 11 is 0. The summed E-state index contributed by atoms with van der Waals surface area (Å²) in [6.07, 6.45) is 0.899. The average molecular weight is 298 g/mol. The fraction of sp³-hybridized carbons (Fsp3) is 0.278. The van der Waals surface area contributed by atoms with E-state index in [4.69, 9.17) is 4.74 Å². The zero-order valence-corrected chi connectivity index (χ0v) is 13.1. The van der Waals surface area contributed by atoms with Gasteiger partial charge in [-0.05, 0) is 35.7 Å². The molecule has 4 heteroatoms. The number of hydrogen-bond acceptors (Lipinski definition) is 3. The highest BCUT2D eigenvalue weighted by atomic mass is 16.5. The molecule has 0 aromatic heterocycles. The van der Waals surface area contributed by atoms with Crippen molar-refractivity contribution in [2.24, 2.45) is 0 Å². The maximum absolute atomic E-state index is 12.0. The molecule has 116 valence electrons. The topological polar surface area (TPSA) is 50.4 Å². The Morgan fingerprint density at radius 3 is 2.50 bits per heavy atom. The van der Waals surface area contributed by atoms with Gasteiger partial charge in [0.25, 0.3) is 0 Å². The molecule has 0 heterocycles. The lowest BCUT2D eigenvalue weighted by Crippen LogP contribution is -2.28. The summed E-state index contributed by atoms with van der Waals surface area (Å²) in [5.41, 5.74) is 3.15. The molecule has 2 aromatic carbocycles. The first kappa shape index (κ1) is 16.0. The van der Waals surface area contributed by atoms with E-state index in [-0.39, 0.29) is 12.5 Å². The maximum atomic E-state index is 12.0. The van der Waals surface area contributed by atoms with Gasteiger partial charge >= 0.3 is 0 Å². The lowest BCUT2D eigenvalue weighted by atomic mass is 10.1. The van der Waals surface area contributed by atoms with Gasteiger partial charge in [0, 0.05) is 12.2 Å². The molecule has 0 aliphatic heterocycles. The number of amides is 1. The molecule has 0 radical (unpaired) electrons. The fourth-order valence-corrected chi connectivity index (χ4v) is 2.21. The van der Waals surface area contributed by atoms with Crippen molar-refractivity contribution in [3.8, 4) is 5.75 Å². The third kappa shape index (κ3) is 4.60. The van der Waals surface area contributed by atoms with Gasteiger partial charge in [0.15, 0.2) is 0 Å². The van der Waals surface area contributed by atoms with Crippen molar-refractivity contribution < 1.29 is 9.53 Å². The minimum Gasteiger partial charge on any atom is -0.497 e. The Hall–Kier alpha value is -2.33. The number of methoxy groups -OCH3 is 1. The quantitative estimate of drug-likeness (QED) is 0.826. The molecular weight excluding hydrogens is 276 g/mol. The molecule has 0 aliphatic carbocycles. The lowest BCUT2D eigenvalue weighted by Gasteiger charge is -2.10. The molecule has 0 unspecified atom stereocenters. The van der Waals surface area contributed by atoms with Crippen molar-refractivity contribution >= 4 is 11.6 Å². The van der Waals surface area contributed by atoms with Crippen molar-refractivity contribution in [2.45, 2.75) is 19.9 Å². The first-order chi connectivity index (χ1) is 10.7. The second-order valence-electron chi connectivity index (χ2n) is 5.01. The van der Waals surface area contributed by atoms with Crippen LogP contribution in [0.4, 0.5) is 5.69 Å². The number of rotatable bonds is 7. The Kier molecular flexibility index (Phi) is 5.98. The van der Waals surface area contributed by atoms with Crippen LogP contribution in [0, 0.1) is 0 Å². The fourth-order valence-electron chi connectivity index (χ4n) is 2.21. The largest absolute Gasteiger partial charge is 0.497 e. The van der Waals surface area contributed by atoms with Crippen molar-refractivity contribution in [1.29, 1.82) is 0 Å². The number of benzene rings is 2. The summed E-state index contributed by atoms with van der Waals surface area (Å²) in [5, 5.41) is 6.09. The predicted octanol–water partition coefficient (Wildman–Crippen LogP) is 2.99. The standard InChI is InChI=1S/C18H22N2O2/c1-3-15-6-4-5-7-17(15)20-18(21)13-19-12-14-8-10-16(22-2)11-9-14/h4-11,19H,3,12-13H2,1-2H3,(H,20,21). The number of para-hydroxylation sites is 1. The van der Waals surface area contributed by atoms with E-state index in [2.05, 4.69) is 17.6 Å². The van der Waals surface area contributed by atoms with Crippen LogP contribution in [0.25, 0.3) is 0 Å². The molecule has 0 saturated heterocycles. The van der Waals surface area contributed by atoms with Crippen molar-refractivity contribution in [1.82, 2.24) is 5.32 Å². The zero-order valence-electron chi connectivity index (χ0n) is 13.1. The number of anilines is 1. The van der Waals surface area contributed by atoms with Crippen molar-refractivity contribution in [2.75, 3.05) is 19.0 Å². The SMILES string of the molecule is CCc1ccccc1NC(=O)CNCc1ccc(OC)cc1. The second kappa shape index (κ2) is 8.20.